The van der Waals surface area contributed by atoms with Crippen LogP contribution in [0.3, 0.4) is 0 Å². The summed E-state index contributed by atoms with van der Waals surface area (Å²) in [5, 5.41) is 8.28. The molecule has 0 spiro atoms. The molecule has 0 aliphatic heterocycles. The number of aromatic nitrogens is 2. The van der Waals surface area contributed by atoms with Crippen molar-refractivity contribution in [3.63, 3.8) is 0 Å². The summed E-state index contributed by atoms with van der Waals surface area (Å²) in [6, 6.07) is 33.8. The van der Waals surface area contributed by atoms with Gasteiger partial charge < -0.3 is 5.32 Å². The molecule has 1 N–H and O–H groups in total. The molecule has 4 aromatic rings. The van der Waals surface area contributed by atoms with Gasteiger partial charge in [0, 0.05) is 24.2 Å². The number of rotatable bonds is 5. The van der Waals surface area contributed by atoms with E-state index in [4.69, 9.17) is 5.10 Å². The summed E-state index contributed by atoms with van der Waals surface area (Å²) in [7, 11) is 0. The molecule has 0 saturated carbocycles. The third-order valence-electron chi connectivity index (χ3n) is 4.02. The first-order chi connectivity index (χ1) is 12.4. The Morgan fingerprint density at radius 3 is 2.28 bits per heavy atom. The van der Waals surface area contributed by atoms with Crippen molar-refractivity contribution in [2.24, 2.45) is 0 Å². The van der Waals surface area contributed by atoms with E-state index in [1.807, 2.05) is 53.2 Å². The van der Waals surface area contributed by atoms with Gasteiger partial charge in [0.05, 0.1) is 11.4 Å². The summed E-state index contributed by atoms with van der Waals surface area (Å²) in [5.74, 6) is 0.949. The second kappa shape index (κ2) is 7.05. The van der Waals surface area contributed by atoms with Gasteiger partial charge in [-0.15, -0.1) is 0 Å². The van der Waals surface area contributed by atoms with Crippen LogP contribution in [-0.2, 0) is 6.54 Å². The first kappa shape index (κ1) is 15.2. The van der Waals surface area contributed by atoms with Crippen molar-refractivity contribution in [2.45, 2.75) is 6.54 Å². The van der Waals surface area contributed by atoms with E-state index < -0.39 is 0 Å². The summed E-state index contributed by atoms with van der Waals surface area (Å²) >= 11 is 0. The maximum atomic E-state index is 4.79. The van der Waals surface area contributed by atoms with E-state index in [9.17, 15) is 0 Å². The van der Waals surface area contributed by atoms with Crippen LogP contribution < -0.4 is 5.32 Å². The normalized spacial score (nSPS) is 10.6. The fourth-order valence-electron chi connectivity index (χ4n) is 2.74. The topological polar surface area (TPSA) is 29.9 Å². The third kappa shape index (κ3) is 3.45. The van der Waals surface area contributed by atoms with Crippen LogP contribution in [0.1, 0.15) is 5.56 Å². The van der Waals surface area contributed by atoms with Crippen LogP contribution in [0, 0.1) is 6.07 Å². The second-order valence-electron chi connectivity index (χ2n) is 5.78. The maximum absolute atomic E-state index is 4.79. The highest BCUT2D eigenvalue weighted by molar-refractivity contribution is 5.64. The van der Waals surface area contributed by atoms with Gasteiger partial charge in [0.15, 0.2) is 0 Å². The van der Waals surface area contributed by atoms with E-state index in [2.05, 4.69) is 53.8 Å². The van der Waals surface area contributed by atoms with E-state index in [0.29, 0.717) is 0 Å². The van der Waals surface area contributed by atoms with Crippen LogP contribution in [0.5, 0.6) is 0 Å². The minimum atomic E-state index is 0.744. The largest absolute Gasteiger partial charge is 0.366 e. The fraction of sp³-hybridized carbons (Fsp3) is 0.0455. The Labute approximate surface area is 147 Å². The zero-order valence-corrected chi connectivity index (χ0v) is 13.8. The van der Waals surface area contributed by atoms with Crippen molar-refractivity contribution >= 4 is 5.82 Å². The number of hydrogen-bond donors (Lipinski definition) is 1. The Morgan fingerprint density at radius 1 is 0.840 bits per heavy atom. The highest BCUT2D eigenvalue weighted by Gasteiger charge is 2.11. The molecule has 1 heterocycles. The van der Waals surface area contributed by atoms with Crippen molar-refractivity contribution < 1.29 is 0 Å². The molecule has 3 nitrogen and oxygen atoms in total. The van der Waals surface area contributed by atoms with Crippen LogP contribution in [0.2, 0.25) is 0 Å². The quantitative estimate of drug-likeness (QED) is 0.563. The van der Waals surface area contributed by atoms with Crippen molar-refractivity contribution in [3.05, 3.63) is 103 Å². The molecule has 0 aliphatic carbocycles. The van der Waals surface area contributed by atoms with Crippen molar-refractivity contribution in [1.82, 2.24) is 9.78 Å². The number of para-hydroxylation sites is 1. The van der Waals surface area contributed by atoms with Gasteiger partial charge >= 0.3 is 0 Å². The van der Waals surface area contributed by atoms with Crippen molar-refractivity contribution in [1.29, 1.82) is 0 Å². The molecule has 0 fully saturated rings. The predicted molar refractivity (Wildman–Crippen MR) is 102 cm³/mol. The van der Waals surface area contributed by atoms with Crippen LogP contribution >= 0.6 is 0 Å². The van der Waals surface area contributed by atoms with E-state index in [0.717, 1.165) is 29.3 Å². The molecule has 3 heteroatoms. The molecule has 0 amide bonds. The summed E-state index contributed by atoms with van der Waals surface area (Å²) < 4.78 is 1.91. The molecule has 25 heavy (non-hydrogen) atoms. The lowest BCUT2D eigenvalue weighted by molar-refractivity contribution is 0.877. The smallest absolute Gasteiger partial charge is 0.130 e. The highest BCUT2D eigenvalue weighted by Crippen LogP contribution is 2.24. The molecule has 4 rings (SSSR count). The molecule has 3 aromatic carbocycles. The number of hydrogen-bond acceptors (Lipinski definition) is 2. The molecule has 0 aliphatic rings. The molecule has 1 aromatic heterocycles. The summed E-state index contributed by atoms with van der Waals surface area (Å²) in [6.45, 7) is 0.744. The zero-order chi connectivity index (χ0) is 16.9. The number of anilines is 1. The molecule has 0 saturated heterocycles. The number of benzene rings is 3. The van der Waals surface area contributed by atoms with E-state index in [1.165, 1.54) is 5.56 Å². The Balaban J connectivity index is 1.69. The summed E-state index contributed by atoms with van der Waals surface area (Å²) in [4.78, 5) is 0. The molecular weight excluding hydrogens is 306 g/mol. The number of nitrogens with one attached hydrogen (secondary N) is 1. The average molecular weight is 324 g/mol. The molecular formula is C22H18N3. The molecule has 0 unspecified atom stereocenters. The van der Waals surface area contributed by atoms with Gasteiger partial charge in [0.2, 0.25) is 0 Å². The average Bonchev–Trinajstić information content (AvgIpc) is 3.13. The lowest BCUT2D eigenvalue weighted by Crippen LogP contribution is -2.06. The van der Waals surface area contributed by atoms with Crippen LogP contribution in [0.4, 0.5) is 5.82 Å². The van der Waals surface area contributed by atoms with Crippen LogP contribution in [0.15, 0.2) is 91.0 Å². The van der Waals surface area contributed by atoms with Gasteiger partial charge in [-0.1, -0.05) is 78.9 Å². The Hall–Kier alpha value is -3.33. The molecule has 0 bridgehead atoms. The first-order valence-electron chi connectivity index (χ1n) is 8.30. The highest BCUT2D eigenvalue weighted by atomic mass is 15.3. The van der Waals surface area contributed by atoms with Gasteiger partial charge in [-0.05, 0) is 11.6 Å². The lowest BCUT2D eigenvalue weighted by atomic mass is 10.1. The van der Waals surface area contributed by atoms with E-state index in [-0.39, 0.29) is 0 Å². The fourth-order valence-corrected chi connectivity index (χ4v) is 2.74. The maximum Gasteiger partial charge on any atom is 0.130 e. The summed E-state index contributed by atoms with van der Waals surface area (Å²) in [5.41, 5.74) is 4.18. The van der Waals surface area contributed by atoms with Gasteiger partial charge in [0.25, 0.3) is 0 Å². The van der Waals surface area contributed by atoms with Gasteiger partial charge in [-0.2, -0.15) is 5.10 Å². The third-order valence-corrected chi connectivity index (χ3v) is 4.02. The second-order valence-corrected chi connectivity index (χ2v) is 5.78. The first-order valence-corrected chi connectivity index (χ1v) is 8.30. The van der Waals surface area contributed by atoms with Gasteiger partial charge in [0.1, 0.15) is 5.82 Å². The summed E-state index contributed by atoms with van der Waals surface area (Å²) in [6.07, 6.45) is 0. The molecule has 1 radical (unpaired) electrons. The zero-order valence-electron chi connectivity index (χ0n) is 13.8. The van der Waals surface area contributed by atoms with Crippen molar-refractivity contribution in [3.8, 4) is 16.9 Å². The minimum absolute atomic E-state index is 0.744. The Bertz CT molecular complexity index is 929. The molecule has 121 valence electrons. The Morgan fingerprint density at radius 2 is 1.56 bits per heavy atom. The van der Waals surface area contributed by atoms with Crippen molar-refractivity contribution in [2.75, 3.05) is 5.32 Å². The number of nitrogens with zero attached hydrogens (tertiary/aromatic N) is 2. The monoisotopic (exact) mass is 324 g/mol. The van der Waals surface area contributed by atoms with E-state index >= 15 is 0 Å². The minimum Gasteiger partial charge on any atom is -0.366 e. The standard InChI is InChI=1S/C22H18N3/c1-4-10-18(11-5-1)17-23-22-16-21(19-12-6-2-7-13-19)24-25(22)20-14-8-3-9-15-20/h1-14,16,23H,17H2. The van der Waals surface area contributed by atoms with Crippen LogP contribution in [-0.4, -0.2) is 9.78 Å². The van der Waals surface area contributed by atoms with Gasteiger partial charge in [-0.25, -0.2) is 4.68 Å². The Kier molecular flexibility index (Phi) is 4.29. The SMILES string of the molecule is [c]1ccccc1-n1nc(-c2ccccc2)cc1NCc1ccccc1. The van der Waals surface area contributed by atoms with Crippen LogP contribution in [0.25, 0.3) is 16.9 Å². The lowest BCUT2D eigenvalue weighted by Gasteiger charge is -2.09. The van der Waals surface area contributed by atoms with E-state index in [1.54, 1.807) is 0 Å². The van der Waals surface area contributed by atoms with Gasteiger partial charge in [-0.3, -0.25) is 0 Å². The molecule has 0 atom stereocenters. The predicted octanol–water partition coefficient (Wildman–Crippen LogP) is 4.95.